The van der Waals surface area contributed by atoms with Crippen molar-refractivity contribution >= 4 is 21.8 Å². The molecule has 0 amide bonds. The van der Waals surface area contributed by atoms with Gasteiger partial charge in [-0.3, -0.25) is 0 Å². The Bertz CT molecular complexity index is 1110. The molecular formula is C22H22N2O2. The average Bonchev–Trinajstić information content (AvgIpc) is 2.68. The van der Waals surface area contributed by atoms with E-state index in [0.29, 0.717) is 17.3 Å². The number of benzene rings is 2. The smallest absolute Gasteiger partial charge is 0.365 e. The summed E-state index contributed by atoms with van der Waals surface area (Å²) in [5.74, 6) is 0.733. The Labute approximate surface area is 152 Å². The van der Waals surface area contributed by atoms with Crippen molar-refractivity contribution in [3.05, 3.63) is 70.7 Å². The standard InChI is InChI=1S/C20H16N2O2.C2H6/c1-12(2)13-9-10-16(15-7-4-3-6-14(13)15)19-22-17-8-5-11-21-18(17)20(23)24-19;1-2/h3-12H,1-2H3;1-2H3. The van der Waals surface area contributed by atoms with Crippen LogP contribution >= 0.6 is 0 Å². The largest absolute Gasteiger partial charge is 0.402 e. The Morgan fingerprint density at radius 2 is 1.65 bits per heavy atom. The van der Waals surface area contributed by atoms with Crippen LogP contribution < -0.4 is 5.63 Å². The van der Waals surface area contributed by atoms with Crippen LogP contribution in [0, 0.1) is 0 Å². The molecule has 0 saturated carbocycles. The lowest BCUT2D eigenvalue weighted by molar-refractivity contribution is 0.517. The summed E-state index contributed by atoms with van der Waals surface area (Å²) in [6.45, 7) is 8.34. The maximum Gasteiger partial charge on any atom is 0.365 e. The molecule has 4 nitrogen and oxygen atoms in total. The summed E-state index contributed by atoms with van der Waals surface area (Å²) in [5.41, 5.74) is 2.41. The topological polar surface area (TPSA) is 56.0 Å². The van der Waals surface area contributed by atoms with Crippen molar-refractivity contribution in [3.63, 3.8) is 0 Å². The van der Waals surface area contributed by atoms with E-state index in [1.165, 1.54) is 5.56 Å². The van der Waals surface area contributed by atoms with Gasteiger partial charge in [-0.25, -0.2) is 14.8 Å². The van der Waals surface area contributed by atoms with Gasteiger partial charge in [0.15, 0.2) is 5.52 Å². The van der Waals surface area contributed by atoms with E-state index in [4.69, 9.17) is 4.42 Å². The molecule has 26 heavy (non-hydrogen) atoms. The van der Waals surface area contributed by atoms with E-state index in [1.807, 2.05) is 38.1 Å². The van der Waals surface area contributed by atoms with Crippen LogP contribution in [-0.2, 0) is 0 Å². The lowest BCUT2D eigenvalue weighted by atomic mass is 9.93. The fourth-order valence-corrected chi connectivity index (χ4v) is 3.04. The third-order valence-electron chi connectivity index (χ3n) is 4.20. The summed E-state index contributed by atoms with van der Waals surface area (Å²) in [5, 5.41) is 2.18. The Morgan fingerprint density at radius 1 is 0.923 bits per heavy atom. The molecule has 0 aliphatic rings. The van der Waals surface area contributed by atoms with Crippen LogP contribution in [0.25, 0.3) is 33.3 Å². The van der Waals surface area contributed by atoms with E-state index in [2.05, 4.69) is 35.9 Å². The highest BCUT2D eigenvalue weighted by Gasteiger charge is 2.14. The van der Waals surface area contributed by atoms with Crippen LogP contribution in [0.5, 0.6) is 0 Å². The number of pyridine rings is 1. The summed E-state index contributed by atoms with van der Waals surface area (Å²) >= 11 is 0. The normalized spacial score (nSPS) is 10.8. The Balaban J connectivity index is 0.000000948. The van der Waals surface area contributed by atoms with Crippen molar-refractivity contribution in [2.24, 2.45) is 0 Å². The van der Waals surface area contributed by atoms with E-state index in [-0.39, 0.29) is 5.52 Å². The molecular weight excluding hydrogens is 324 g/mol. The molecule has 0 aliphatic carbocycles. The summed E-state index contributed by atoms with van der Waals surface area (Å²) in [4.78, 5) is 20.8. The van der Waals surface area contributed by atoms with E-state index < -0.39 is 5.63 Å². The highest BCUT2D eigenvalue weighted by molar-refractivity contribution is 5.97. The minimum Gasteiger partial charge on any atom is -0.402 e. The Hall–Kier alpha value is -3.01. The molecule has 2 aromatic carbocycles. The molecule has 0 spiro atoms. The molecule has 0 atom stereocenters. The number of hydrogen-bond donors (Lipinski definition) is 0. The Kier molecular flexibility index (Phi) is 5.12. The molecule has 0 saturated heterocycles. The first kappa shape index (κ1) is 17.8. The minimum absolute atomic E-state index is 0.254. The highest BCUT2D eigenvalue weighted by Crippen LogP contribution is 2.32. The van der Waals surface area contributed by atoms with Crippen LogP contribution in [0.3, 0.4) is 0 Å². The quantitative estimate of drug-likeness (QED) is 0.477. The van der Waals surface area contributed by atoms with Crippen LogP contribution in [0.1, 0.15) is 39.2 Å². The molecule has 0 bridgehead atoms. The van der Waals surface area contributed by atoms with Gasteiger partial charge in [-0.15, -0.1) is 0 Å². The molecule has 0 radical (unpaired) electrons. The van der Waals surface area contributed by atoms with Gasteiger partial charge in [0.25, 0.3) is 0 Å². The van der Waals surface area contributed by atoms with Gasteiger partial charge in [-0.2, -0.15) is 0 Å². The van der Waals surface area contributed by atoms with Crippen LogP contribution in [0.4, 0.5) is 0 Å². The fraction of sp³-hybridized carbons (Fsp3) is 0.227. The van der Waals surface area contributed by atoms with Gasteiger partial charge in [0.2, 0.25) is 5.89 Å². The van der Waals surface area contributed by atoms with E-state index >= 15 is 0 Å². The molecule has 2 aromatic heterocycles. The maximum atomic E-state index is 12.2. The predicted octanol–water partition coefficient (Wildman–Crippen LogP) is 5.55. The zero-order chi connectivity index (χ0) is 18.7. The first-order valence-electron chi connectivity index (χ1n) is 8.93. The molecule has 0 aliphatic heterocycles. The zero-order valence-corrected chi connectivity index (χ0v) is 15.5. The van der Waals surface area contributed by atoms with E-state index in [9.17, 15) is 4.79 Å². The van der Waals surface area contributed by atoms with Crippen molar-refractivity contribution in [3.8, 4) is 11.5 Å². The molecule has 0 N–H and O–H groups in total. The van der Waals surface area contributed by atoms with Gasteiger partial charge in [0.05, 0.1) is 0 Å². The van der Waals surface area contributed by atoms with Gasteiger partial charge in [0.1, 0.15) is 5.52 Å². The average molecular weight is 346 g/mol. The Morgan fingerprint density at radius 3 is 2.38 bits per heavy atom. The third-order valence-corrected chi connectivity index (χ3v) is 4.20. The lowest BCUT2D eigenvalue weighted by Gasteiger charge is -2.12. The predicted molar refractivity (Wildman–Crippen MR) is 106 cm³/mol. The van der Waals surface area contributed by atoms with Gasteiger partial charge in [-0.1, -0.05) is 58.0 Å². The second-order valence-corrected chi connectivity index (χ2v) is 6.08. The van der Waals surface area contributed by atoms with Crippen molar-refractivity contribution < 1.29 is 4.42 Å². The number of aromatic nitrogens is 2. The van der Waals surface area contributed by atoms with Crippen LogP contribution in [-0.4, -0.2) is 9.97 Å². The SMILES string of the molecule is CC.CC(C)c1ccc(-c2nc3cccnc3c(=O)o2)c2ccccc12. The highest BCUT2D eigenvalue weighted by atomic mass is 16.4. The minimum atomic E-state index is -0.465. The van der Waals surface area contributed by atoms with E-state index in [1.54, 1.807) is 18.3 Å². The lowest BCUT2D eigenvalue weighted by Crippen LogP contribution is -2.05. The monoisotopic (exact) mass is 346 g/mol. The molecule has 4 rings (SSSR count). The van der Waals surface area contributed by atoms with Crippen molar-refractivity contribution in [1.82, 2.24) is 9.97 Å². The number of fused-ring (bicyclic) bond motifs is 2. The molecule has 4 aromatic rings. The van der Waals surface area contributed by atoms with Gasteiger partial charge in [0, 0.05) is 11.8 Å². The summed E-state index contributed by atoms with van der Waals surface area (Å²) < 4.78 is 5.46. The molecule has 2 heterocycles. The van der Waals surface area contributed by atoms with Gasteiger partial charge >= 0.3 is 5.63 Å². The maximum absolute atomic E-state index is 12.2. The van der Waals surface area contributed by atoms with Crippen LogP contribution in [0.15, 0.2) is 63.9 Å². The first-order valence-corrected chi connectivity index (χ1v) is 8.93. The van der Waals surface area contributed by atoms with Crippen molar-refractivity contribution in [2.75, 3.05) is 0 Å². The number of hydrogen-bond acceptors (Lipinski definition) is 4. The second kappa shape index (κ2) is 7.48. The summed E-state index contributed by atoms with van der Waals surface area (Å²) in [6, 6.07) is 15.7. The van der Waals surface area contributed by atoms with E-state index in [0.717, 1.165) is 16.3 Å². The van der Waals surface area contributed by atoms with Gasteiger partial charge < -0.3 is 4.42 Å². The summed E-state index contributed by atoms with van der Waals surface area (Å²) in [7, 11) is 0. The van der Waals surface area contributed by atoms with Crippen LogP contribution in [0.2, 0.25) is 0 Å². The second-order valence-electron chi connectivity index (χ2n) is 6.08. The summed E-state index contributed by atoms with van der Waals surface area (Å²) in [6.07, 6.45) is 1.56. The molecule has 0 unspecified atom stereocenters. The molecule has 0 fully saturated rings. The van der Waals surface area contributed by atoms with Crippen molar-refractivity contribution in [2.45, 2.75) is 33.6 Å². The van der Waals surface area contributed by atoms with Gasteiger partial charge in [-0.05, 0) is 40.5 Å². The first-order chi connectivity index (χ1) is 12.6. The third kappa shape index (κ3) is 3.10. The zero-order valence-electron chi connectivity index (χ0n) is 15.5. The molecule has 4 heteroatoms. The number of rotatable bonds is 2. The number of nitrogens with zero attached hydrogens (tertiary/aromatic N) is 2. The molecule has 132 valence electrons. The van der Waals surface area contributed by atoms with Crippen molar-refractivity contribution in [1.29, 1.82) is 0 Å². The fourth-order valence-electron chi connectivity index (χ4n) is 3.04.